The van der Waals surface area contributed by atoms with Crippen molar-refractivity contribution in [1.29, 1.82) is 0 Å². The minimum atomic E-state index is -3.38. The van der Waals surface area contributed by atoms with Gasteiger partial charge in [-0.25, -0.2) is 8.42 Å². The molecule has 0 radical (unpaired) electrons. The third-order valence-corrected chi connectivity index (χ3v) is 6.68. The molecule has 1 aliphatic carbocycles. The van der Waals surface area contributed by atoms with Crippen molar-refractivity contribution in [3.8, 4) is 0 Å². The van der Waals surface area contributed by atoms with Crippen LogP contribution in [0.15, 0.2) is 36.4 Å². The van der Waals surface area contributed by atoms with Crippen LogP contribution in [0, 0.1) is 5.92 Å². The summed E-state index contributed by atoms with van der Waals surface area (Å²) < 4.78 is 32.0. The summed E-state index contributed by atoms with van der Waals surface area (Å²) in [5.74, 6) is 0.282. The van der Waals surface area contributed by atoms with Gasteiger partial charge in [0.15, 0.2) is 0 Å². The molecule has 1 amide bonds. The summed E-state index contributed by atoms with van der Waals surface area (Å²) in [6, 6.07) is 7.39. The summed E-state index contributed by atoms with van der Waals surface area (Å²) in [6.07, 6.45) is 6.78. The maximum absolute atomic E-state index is 12.7. The number of rotatable bonds is 7. The van der Waals surface area contributed by atoms with E-state index >= 15 is 0 Å². The first kappa shape index (κ1) is 19.1. The van der Waals surface area contributed by atoms with E-state index < -0.39 is 10.0 Å². The highest BCUT2D eigenvalue weighted by Crippen LogP contribution is 2.20. The number of hydrogen-bond donors (Lipinski definition) is 1. The molecule has 1 unspecified atom stereocenters. The van der Waals surface area contributed by atoms with Crippen LogP contribution in [0.5, 0.6) is 0 Å². The van der Waals surface area contributed by atoms with Crippen molar-refractivity contribution in [3.05, 3.63) is 47.5 Å². The molecule has 1 N–H and O–H groups in total. The Hall–Kier alpha value is -1.70. The van der Waals surface area contributed by atoms with Crippen molar-refractivity contribution in [2.45, 2.75) is 31.6 Å². The maximum Gasteiger partial charge on any atom is 0.220 e. The lowest BCUT2D eigenvalue weighted by atomic mass is 10.0. The lowest BCUT2D eigenvalue weighted by molar-refractivity contribution is -0.121. The van der Waals surface area contributed by atoms with Crippen LogP contribution in [-0.4, -0.2) is 44.9 Å². The molecule has 26 heavy (non-hydrogen) atoms. The normalized spacial score (nSPS) is 21.0. The Morgan fingerprint density at radius 1 is 1.19 bits per heavy atom. The van der Waals surface area contributed by atoms with Crippen LogP contribution in [0.1, 0.15) is 30.4 Å². The van der Waals surface area contributed by atoms with Gasteiger partial charge in [-0.1, -0.05) is 36.4 Å². The third-order valence-electron chi connectivity index (χ3n) is 4.86. The Labute approximate surface area is 155 Å². The first-order chi connectivity index (χ1) is 12.5. The number of ether oxygens (including phenoxy) is 1. The fourth-order valence-corrected chi connectivity index (χ4v) is 4.92. The molecule has 0 saturated carbocycles. The summed E-state index contributed by atoms with van der Waals surface area (Å²) in [7, 11) is -3.38. The van der Waals surface area contributed by atoms with E-state index in [1.54, 1.807) is 0 Å². The van der Waals surface area contributed by atoms with Crippen LogP contribution in [0.2, 0.25) is 0 Å². The van der Waals surface area contributed by atoms with Gasteiger partial charge in [0.05, 0.1) is 19.0 Å². The highest BCUT2D eigenvalue weighted by Gasteiger charge is 2.25. The maximum atomic E-state index is 12.7. The number of nitrogens with one attached hydrogen (secondary N) is 1. The van der Waals surface area contributed by atoms with Crippen LogP contribution in [0.3, 0.4) is 0 Å². The number of carbonyl (C=O) groups excluding carboxylic acids is 1. The minimum Gasteiger partial charge on any atom is -0.379 e. The molecule has 1 fully saturated rings. The summed E-state index contributed by atoms with van der Waals surface area (Å²) in [5, 5.41) is 2.93. The second-order valence-corrected chi connectivity index (χ2v) is 8.75. The lowest BCUT2D eigenvalue weighted by Gasteiger charge is -2.26. The van der Waals surface area contributed by atoms with E-state index in [1.807, 2.05) is 24.3 Å². The summed E-state index contributed by atoms with van der Waals surface area (Å²) in [4.78, 5) is 12.1. The Bertz CT molecular complexity index is 755. The fourth-order valence-electron chi connectivity index (χ4n) is 3.35. The number of allylic oxidation sites excluding steroid dienone is 2. The van der Waals surface area contributed by atoms with Gasteiger partial charge in [0.25, 0.3) is 0 Å². The van der Waals surface area contributed by atoms with Crippen molar-refractivity contribution >= 4 is 15.9 Å². The van der Waals surface area contributed by atoms with E-state index in [0.29, 0.717) is 45.2 Å². The average molecular weight is 378 g/mol. The Morgan fingerprint density at radius 3 is 2.62 bits per heavy atom. The highest BCUT2D eigenvalue weighted by molar-refractivity contribution is 7.88. The van der Waals surface area contributed by atoms with Crippen molar-refractivity contribution in [1.82, 2.24) is 9.62 Å². The van der Waals surface area contributed by atoms with Gasteiger partial charge in [0, 0.05) is 26.1 Å². The van der Waals surface area contributed by atoms with Crippen LogP contribution >= 0.6 is 0 Å². The van der Waals surface area contributed by atoms with E-state index in [0.717, 1.165) is 24.0 Å². The molecule has 1 aliphatic heterocycles. The second kappa shape index (κ2) is 8.79. The molecule has 1 aromatic carbocycles. The van der Waals surface area contributed by atoms with Gasteiger partial charge in [-0.2, -0.15) is 4.31 Å². The molecule has 0 aromatic heterocycles. The van der Waals surface area contributed by atoms with Crippen molar-refractivity contribution in [2.24, 2.45) is 5.92 Å². The van der Waals surface area contributed by atoms with Gasteiger partial charge in [0.2, 0.25) is 15.9 Å². The summed E-state index contributed by atoms with van der Waals surface area (Å²) in [5.41, 5.74) is 1.58. The second-order valence-electron chi connectivity index (χ2n) is 6.78. The van der Waals surface area contributed by atoms with Crippen molar-refractivity contribution in [3.63, 3.8) is 0 Å². The summed E-state index contributed by atoms with van der Waals surface area (Å²) in [6.45, 7) is 2.02. The van der Waals surface area contributed by atoms with Gasteiger partial charge >= 0.3 is 0 Å². The van der Waals surface area contributed by atoms with Gasteiger partial charge in [-0.3, -0.25) is 4.79 Å². The van der Waals surface area contributed by atoms with Gasteiger partial charge in [-0.15, -0.1) is 0 Å². The van der Waals surface area contributed by atoms with Crippen LogP contribution in [0.4, 0.5) is 0 Å². The molecule has 1 aromatic rings. The van der Waals surface area contributed by atoms with Gasteiger partial charge in [0.1, 0.15) is 0 Å². The van der Waals surface area contributed by atoms with Crippen LogP contribution < -0.4 is 5.32 Å². The molecule has 3 rings (SSSR count). The zero-order chi connectivity index (χ0) is 18.4. The molecular weight excluding hydrogens is 352 g/mol. The van der Waals surface area contributed by atoms with Gasteiger partial charge < -0.3 is 10.1 Å². The van der Waals surface area contributed by atoms with Crippen molar-refractivity contribution in [2.75, 3.05) is 26.3 Å². The van der Waals surface area contributed by atoms with Crippen LogP contribution in [0.25, 0.3) is 0 Å². The largest absolute Gasteiger partial charge is 0.379 e. The topological polar surface area (TPSA) is 75.7 Å². The molecule has 0 bridgehead atoms. The first-order valence-electron chi connectivity index (χ1n) is 9.10. The zero-order valence-corrected chi connectivity index (χ0v) is 15.7. The Morgan fingerprint density at radius 2 is 1.92 bits per heavy atom. The smallest absolute Gasteiger partial charge is 0.220 e. The van der Waals surface area contributed by atoms with E-state index in [4.69, 9.17) is 4.74 Å². The zero-order valence-electron chi connectivity index (χ0n) is 14.9. The lowest BCUT2D eigenvalue weighted by Crippen LogP contribution is -2.41. The molecule has 1 saturated heterocycles. The quantitative estimate of drug-likeness (QED) is 0.735. The molecule has 1 heterocycles. The minimum absolute atomic E-state index is 0.00684. The van der Waals surface area contributed by atoms with E-state index in [1.165, 1.54) is 4.31 Å². The van der Waals surface area contributed by atoms with Gasteiger partial charge in [-0.05, 0) is 29.9 Å². The first-order valence-corrected chi connectivity index (χ1v) is 10.7. The summed E-state index contributed by atoms with van der Waals surface area (Å²) >= 11 is 0. The number of nitrogens with zero attached hydrogens (tertiary/aromatic N) is 1. The Kier molecular flexibility index (Phi) is 6.45. The van der Waals surface area contributed by atoms with E-state index in [2.05, 4.69) is 17.5 Å². The number of morpholine rings is 1. The molecular formula is C19H26N2O4S. The van der Waals surface area contributed by atoms with E-state index in [-0.39, 0.29) is 11.7 Å². The third kappa shape index (κ3) is 5.16. The molecule has 2 aliphatic rings. The standard InChI is InChI=1S/C19H26N2O4S/c22-19(13-16-5-1-2-6-16)20-14-17-7-3-4-8-18(17)15-26(23,24)21-9-11-25-12-10-21/h1,3-5,7-8,16H,2,6,9-15H2,(H,20,22). The molecule has 7 heteroatoms. The van der Waals surface area contributed by atoms with E-state index in [9.17, 15) is 13.2 Å². The number of benzene rings is 1. The molecule has 142 valence electrons. The molecule has 6 nitrogen and oxygen atoms in total. The van der Waals surface area contributed by atoms with Crippen LogP contribution in [-0.2, 0) is 31.9 Å². The monoisotopic (exact) mass is 378 g/mol. The number of amides is 1. The molecule has 0 spiro atoms. The number of hydrogen-bond acceptors (Lipinski definition) is 4. The Balaban J connectivity index is 1.60. The predicted octanol–water partition coefficient (Wildman–Crippen LogP) is 1.82. The van der Waals surface area contributed by atoms with Crippen molar-refractivity contribution < 1.29 is 17.9 Å². The molecule has 1 atom stereocenters. The number of carbonyl (C=O) groups is 1. The number of sulfonamides is 1. The highest BCUT2D eigenvalue weighted by atomic mass is 32.2. The average Bonchev–Trinajstić information content (AvgIpc) is 3.14. The fraction of sp³-hybridized carbons (Fsp3) is 0.526. The SMILES string of the molecule is O=C(CC1C=CCC1)NCc1ccccc1CS(=O)(=O)N1CCOCC1. The predicted molar refractivity (Wildman–Crippen MR) is 99.8 cm³/mol.